The zero-order valence-corrected chi connectivity index (χ0v) is 14.6. The number of ether oxygens (including phenoxy) is 2. The lowest BCUT2D eigenvalue weighted by molar-refractivity contribution is -0.133. The number of piperazine rings is 1. The molecular weight excluding hydrogens is 322 g/mol. The molecule has 2 aromatic rings. The second kappa shape index (κ2) is 7.98. The van der Waals surface area contributed by atoms with Gasteiger partial charge >= 0.3 is 0 Å². The zero-order chi connectivity index (χ0) is 17.6. The molecule has 1 aliphatic heterocycles. The second-order valence-corrected chi connectivity index (χ2v) is 6.03. The maximum absolute atomic E-state index is 12.3. The van der Waals surface area contributed by atoms with Crippen LogP contribution in [0, 0.1) is 0 Å². The van der Waals surface area contributed by atoms with Crippen molar-refractivity contribution in [3.8, 4) is 11.5 Å². The Morgan fingerprint density at radius 2 is 1.88 bits per heavy atom. The first-order valence-corrected chi connectivity index (χ1v) is 8.27. The Balaban J connectivity index is 1.53. The van der Waals surface area contributed by atoms with Gasteiger partial charge in [0.25, 0.3) is 0 Å². The van der Waals surface area contributed by atoms with Crippen LogP contribution in [-0.4, -0.2) is 71.0 Å². The summed E-state index contributed by atoms with van der Waals surface area (Å²) in [5, 5.41) is 8.08. The fourth-order valence-electron chi connectivity index (χ4n) is 2.67. The summed E-state index contributed by atoms with van der Waals surface area (Å²) in [6.45, 7) is 3.79. The highest BCUT2D eigenvalue weighted by atomic mass is 16.5. The number of benzene rings is 1. The smallest absolute Gasteiger partial charge is 0.244 e. The minimum absolute atomic E-state index is 0.0650. The number of rotatable bonds is 6. The monoisotopic (exact) mass is 345 g/mol. The largest absolute Gasteiger partial charge is 0.493 e. The van der Waals surface area contributed by atoms with Gasteiger partial charge in [0, 0.05) is 26.2 Å². The topological polar surface area (TPSA) is 72.7 Å². The Morgan fingerprint density at radius 3 is 2.60 bits per heavy atom. The molecule has 3 rings (SSSR count). The lowest BCUT2D eigenvalue weighted by Crippen LogP contribution is -2.48. The normalized spacial score (nSPS) is 15.2. The van der Waals surface area contributed by atoms with Gasteiger partial charge in [0.1, 0.15) is 18.8 Å². The third kappa shape index (κ3) is 4.48. The number of hydrogen-bond acceptors (Lipinski definition) is 6. The predicted molar refractivity (Wildman–Crippen MR) is 91.4 cm³/mol. The molecule has 1 aliphatic rings. The van der Waals surface area contributed by atoms with Crippen LogP contribution in [-0.2, 0) is 17.9 Å². The summed E-state index contributed by atoms with van der Waals surface area (Å²) in [6.07, 6.45) is 1.74. The molecule has 0 N–H and O–H groups in total. The quantitative estimate of drug-likeness (QED) is 0.765. The fourth-order valence-corrected chi connectivity index (χ4v) is 2.67. The van der Waals surface area contributed by atoms with E-state index in [0.717, 1.165) is 26.2 Å². The van der Waals surface area contributed by atoms with Crippen molar-refractivity contribution in [2.75, 3.05) is 40.3 Å². The Labute approximate surface area is 146 Å². The first-order valence-electron chi connectivity index (χ1n) is 8.27. The molecule has 2 heterocycles. The first kappa shape index (κ1) is 17.2. The van der Waals surface area contributed by atoms with E-state index in [-0.39, 0.29) is 19.1 Å². The minimum atomic E-state index is 0.0650. The summed E-state index contributed by atoms with van der Waals surface area (Å²) in [5.74, 6) is 1.38. The molecular formula is C17H23N5O3. The molecule has 8 nitrogen and oxygen atoms in total. The highest BCUT2D eigenvalue weighted by Crippen LogP contribution is 2.26. The summed E-state index contributed by atoms with van der Waals surface area (Å²) in [4.78, 5) is 16.4. The molecule has 0 atom stereocenters. The maximum Gasteiger partial charge on any atom is 0.244 e. The number of methoxy groups -OCH3 is 1. The van der Waals surface area contributed by atoms with E-state index in [1.807, 2.05) is 29.2 Å². The molecule has 0 spiro atoms. The van der Waals surface area contributed by atoms with E-state index in [0.29, 0.717) is 17.2 Å². The standard InChI is InChI=1S/C17H23N5O3/c1-20-7-9-21(10-8-20)17(23)12-22-11-14(18-19-22)13-25-16-6-4-3-5-15(16)24-2/h3-6,11H,7-10,12-13H2,1-2H3. The van der Waals surface area contributed by atoms with Crippen molar-refractivity contribution in [1.82, 2.24) is 24.8 Å². The molecule has 134 valence electrons. The van der Waals surface area contributed by atoms with Crippen LogP contribution in [0.15, 0.2) is 30.5 Å². The number of nitrogens with zero attached hydrogens (tertiary/aromatic N) is 5. The van der Waals surface area contributed by atoms with Crippen LogP contribution in [0.4, 0.5) is 0 Å². The van der Waals surface area contributed by atoms with Gasteiger partial charge in [0.2, 0.25) is 5.91 Å². The van der Waals surface area contributed by atoms with Gasteiger partial charge in [-0.05, 0) is 19.2 Å². The number of para-hydroxylation sites is 2. The van der Waals surface area contributed by atoms with E-state index in [4.69, 9.17) is 9.47 Å². The number of likely N-dealkylation sites (N-methyl/N-ethyl adjacent to an activating group) is 1. The van der Waals surface area contributed by atoms with Crippen molar-refractivity contribution in [1.29, 1.82) is 0 Å². The third-order valence-electron chi connectivity index (χ3n) is 4.18. The molecule has 0 saturated carbocycles. The minimum Gasteiger partial charge on any atom is -0.493 e. The van der Waals surface area contributed by atoms with Crippen LogP contribution in [0.25, 0.3) is 0 Å². The Hall–Kier alpha value is -2.61. The summed E-state index contributed by atoms with van der Waals surface area (Å²) < 4.78 is 12.5. The first-order chi connectivity index (χ1) is 12.2. The van der Waals surface area contributed by atoms with Crippen molar-refractivity contribution in [2.24, 2.45) is 0 Å². The number of carbonyl (C=O) groups excluding carboxylic acids is 1. The molecule has 0 unspecified atom stereocenters. The van der Waals surface area contributed by atoms with E-state index in [1.165, 1.54) is 0 Å². The summed E-state index contributed by atoms with van der Waals surface area (Å²) in [5.41, 5.74) is 0.664. The SMILES string of the molecule is COc1ccccc1OCc1cn(CC(=O)N2CCN(C)CC2)nn1. The molecule has 1 amide bonds. The highest BCUT2D eigenvalue weighted by Gasteiger charge is 2.19. The highest BCUT2D eigenvalue weighted by molar-refractivity contribution is 5.76. The summed E-state index contributed by atoms with van der Waals surface area (Å²) >= 11 is 0. The molecule has 1 fully saturated rings. The average molecular weight is 345 g/mol. The number of hydrogen-bond donors (Lipinski definition) is 0. The van der Waals surface area contributed by atoms with Gasteiger partial charge in [-0.25, -0.2) is 4.68 Å². The van der Waals surface area contributed by atoms with Crippen molar-refractivity contribution < 1.29 is 14.3 Å². The van der Waals surface area contributed by atoms with Crippen LogP contribution < -0.4 is 9.47 Å². The summed E-state index contributed by atoms with van der Waals surface area (Å²) in [7, 11) is 3.66. The average Bonchev–Trinajstić information content (AvgIpc) is 3.08. The third-order valence-corrected chi connectivity index (χ3v) is 4.18. The van der Waals surface area contributed by atoms with Crippen molar-refractivity contribution >= 4 is 5.91 Å². The molecule has 1 saturated heterocycles. The van der Waals surface area contributed by atoms with E-state index < -0.39 is 0 Å². The summed E-state index contributed by atoms with van der Waals surface area (Å²) in [6, 6.07) is 7.43. The van der Waals surface area contributed by atoms with Gasteiger partial charge in [0.15, 0.2) is 11.5 Å². The second-order valence-electron chi connectivity index (χ2n) is 6.03. The van der Waals surface area contributed by atoms with E-state index in [9.17, 15) is 4.79 Å². The molecule has 8 heteroatoms. The van der Waals surface area contributed by atoms with Crippen molar-refractivity contribution in [2.45, 2.75) is 13.2 Å². The fraction of sp³-hybridized carbons (Fsp3) is 0.471. The lowest BCUT2D eigenvalue weighted by atomic mass is 10.3. The van der Waals surface area contributed by atoms with Crippen LogP contribution >= 0.6 is 0 Å². The number of amides is 1. The van der Waals surface area contributed by atoms with Gasteiger partial charge in [0.05, 0.1) is 13.3 Å². The molecule has 0 aliphatic carbocycles. The lowest BCUT2D eigenvalue weighted by Gasteiger charge is -2.32. The van der Waals surface area contributed by atoms with Crippen LogP contribution in [0.1, 0.15) is 5.69 Å². The molecule has 0 radical (unpaired) electrons. The van der Waals surface area contributed by atoms with Gasteiger partial charge < -0.3 is 19.3 Å². The van der Waals surface area contributed by atoms with Crippen molar-refractivity contribution in [3.63, 3.8) is 0 Å². The predicted octanol–water partition coefficient (Wildman–Crippen LogP) is 0.640. The van der Waals surface area contributed by atoms with Gasteiger partial charge in [-0.2, -0.15) is 0 Å². The van der Waals surface area contributed by atoms with E-state index in [1.54, 1.807) is 18.0 Å². The van der Waals surface area contributed by atoms with E-state index in [2.05, 4.69) is 22.3 Å². The van der Waals surface area contributed by atoms with Crippen LogP contribution in [0.2, 0.25) is 0 Å². The Bertz CT molecular complexity index is 710. The maximum atomic E-state index is 12.3. The number of aromatic nitrogens is 3. The van der Waals surface area contributed by atoms with E-state index >= 15 is 0 Å². The van der Waals surface area contributed by atoms with Gasteiger partial charge in [-0.3, -0.25) is 4.79 Å². The molecule has 0 bridgehead atoms. The van der Waals surface area contributed by atoms with Gasteiger partial charge in [-0.1, -0.05) is 17.3 Å². The number of carbonyl (C=O) groups is 1. The zero-order valence-electron chi connectivity index (χ0n) is 14.6. The molecule has 1 aromatic carbocycles. The van der Waals surface area contributed by atoms with Crippen LogP contribution in [0.5, 0.6) is 11.5 Å². The molecule has 25 heavy (non-hydrogen) atoms. The van der Waals surface area contributed by atoms with Crippen molar-refractivity contribution in [3.05, 3.63) is 36.2 Å². The Kier molecular flexibility index (Phi) is 5.49. The Morgan fingerprint density at radius 1 is 1.16 bits per heavy atom. The molecule has 1 aromatic heterocycles. The van der Waals surface area contributed by atoms with Gasteiger partial charge in [-0.15, -0.1) is 5.10 Å². The van der Waals surface area contributed by atoms with Crippen LogP contribution in [0.3, 0.4) is 0 Å².